The van der Waals surface area contributed by atoms with E-state index in [0.29, 0.717) is 17.8 Å². The zero-order valence-corrected chi connectivity index (χ0v) is 11.4. The molecule has 0 fully saturated rings. The summed E-state index contributed by atoms with van der Waals surface area (Å²) in [5.74, 6) is -0.648. The maximum atomic E-state index is 11.9. The van der Waals surface area contributed by atoms with Crippen molar-refractivity contribution in [2.75, 3.05) is 0 Å². The second kappa shape index (κ2) is 5.24. The van der Waals surface area contributed by atoms with Gasteiger partial charge in [-0.15, -0.1) is 0 Å². The first-order valence-electron chi connectivity index (χ1n) is 6.43. The first-order chi connectivity index (χ1) is 10.1. The van der Waals surface area contributed by atoms with Gasteiger partial charge in [0.1, 0.15) is 5.69 Å². The van der Waals surface area contributed by atoms with Gasteiger partial charge in [0.15, 0.2) is 5.58 Å². The lowest BCUT2D eigenvalue weighted by Gasteiger charge is -2.04. The molecule has 1 aromatic carbocycles. The molecular formula is C15H13N3O3. The highest BCUT2D eigenvalue weighted by Crippen LogP contribution is 2.14. The average Bonchev–Trinajstić information content (AvgIpc) is 2.80. The fraction of sp³-hybridized carbons (Fsp3) is 0.133. The molecule has 3 rings (SSSR count). The fourth-order valence-electron chi connectivity index (χ4n) is 2.06. The number of rotatable bonds is 3. The summed E-state index contributed by atoms with van der Waals surface area (Å²) in [4.78, 5) is 27.3. The molecular weight excluding hydrogens is 270 g/mol. The number of amides is 1. The van der Waals surface area contributed by atoms with Crippen molar-refractivity contribution in [3.63, 3.8) is 0 Å². The van der Waals surface area contributed by atoms with Crippen LogP contribution in [0.2, 0.25) is 0 Å². The predicted octanol–water partition coefficient (Wildman–Crippen LogP) is 1.46. The zero-order valence-electron chi connectivity index (χ0n) is 11.4. The Balaban J connectivity index is 1.76. The molecule has 0 aliphatic heterocycles. The molecule has 2 heterocycles. The van der Waals surface area contributed by atoms with Gasteiger partial charge in [0.2, 0.25) is 0 Å². The molecule has 0 spiro atoms. The topological polar surface area (TPSA) is 77.1 Å². The summed E-state index contributed by atoms with van der Waals surface area (Å²) in [5, 5.41) is 2.77. The van der Waals surface area contributed by atoms with Gasteiger partial charge in [-0.2, -0.15) is 0 Å². The van der Waals surface area contributed by atoms with Crippen molar-refractivity contribution in [3.05, 3.63) is 64.4 Å². The van der Waals surface area contributed by atoms with Crippen molar-refractivity contribution in [3.8, 4) is 0 Å². The molecule has 1 amide bonds. The van der Waals surface area contributed by atoms with Crippen molar-refractivity contribution in [1.29, 1.82) is 0 Å². The van der Waals surface area contributed by atoms with E-state index in [4.69, 9.17) is 4.42 Å². The van der Waals surface area contributed by atoms with Crippen LogP contribution in [0.4, 0.5) is 0 Å². The van der Waals surface area contributed by atoms with E-state index in [1.165, 1.54) is 4.57 Å². The third kappa shape index (κ3) is 2.55. The molecule has 3 aromatic rings. The van der Waals surface area contributed by atoms with E-state index in [9.17, 15) is 9.59 Å². The van der Waals surface area contributed by atoms with Gasteiger partial charge in [0.05, 0.1) is 5.52 Å². The van der Waals surface area contributed by atoms with E-state index in [1.54, 1.807) is 43.6 Å². The van der Waals surface area contributed by atoms with Crippen LogP contribution in [0.1, 0.15) is 16.1 Å². The highest BCUT2D eigenvalue weighted by molar-refractivity contribution is 5.92. The minimum absolute atomic E-state index is 0.245. The summed E-state index contributed by atoms with van der Waals surface area (Å²) in [7, 11) is 1.65. The molecule has 21 heavy (non-hydrogen) atoms. The number of aromatic nitrogens is 2. The summed E-state index contributed by atoms with van der Waals surface area (Å²) in [5.41, 5.74) is 2.44. The molecule has 6 nitrogen and oxygen atoms in total. The second-order valence-corrected chi connectivity index (χ2v) is 4.63. The fourth-order valence-corrected chi connectivity index (χ4v) is 2.06. The lowest BCUT2D eigenvalue weighted by Crippen LogP contribution is -2.23. The summed E-state index contributed by atoms with van der Waals surface area (Å²) in [6.45, 7) is 0.337. The van der Waals surface area contributed by atoms with Gasteiger partial charge in [0.25, 0.3) is 5.91 Å². The molecule has 0 saturated carbocycles. The molecule has 0 unspecified atom stereocenters. The Bertz CT molecular complexity index is 849. The maximum absolute atomic E-state index is 11.9. The molecule has 0 aliphatic carbocycles. The smallest absolute Gasteiger partial charge is 0.408 e. The van der Waals surface area contributed by atoms with Crippen LogP contribution < -0.4 is 11.1 Å². The van der Waals surface area contributed by atoms with Gasteiger partial charge in [0, 0.05) is 19.8 Å². The van der Waals surface area contributed by atoms with E-state index < -0.39 is 5.76 Å². The molecule has 0 bridgehead atoms. The number of aryl methyl sites for hydroxylation is 1. The summed E-state index contributed by atoms with van der Waals surface area (Å²) >= 11 is 0. The van der Waals surface area contributed by atoms with Gasteiger partial charge >= 0.3 is 5.76 Å². The second-order valence-electron chi connectivity index (χ2n) is 4.63. The molecule has 6 heteroatoms. The van der Waals surface area contributed by atoms with Crippen LogP contribution in [0.5, 0.6) is 0 Å². The molecule has 2 aromatic heterocycles. The number of nitrogens with one attached hydrogen (secondary N) is 1. The lowest BCUT2D eigenvalue weighted by molar-refractivity contribution is 0.0946. The number of carbonyl (C=O) groups excluding carboxylic acids is 1. The van der Waals surface area contributed by atoms with Crippen LogP contribution in [0, 0.1) is 0 Å². The number of oxazole rings is 1. The first-order valence-corrected chi connectivity index (χ1v) is 6.43. The minimum Gasteiger partial charge on any atom is -0.408 e. The molecule has 0 atom stereocenters. The van der Waals surface area contributed by atoms with Crippen LogP contribution in [-0.2, 0) is 13.6 Å². The van der Waals surface area contributed by atoms with Crippen molar-refractivity contribution in [2.24, 2.45) is 7.05 Å². The Hall–Kier alpha value is -2.89. The van der Waals surface area contributed by atoms with Crippen LogP contribution in [-0.4, -0.2) is 15.5 Å². The van der Waals surface area contributed by atoms with Gasteiger partial charge < -0.3 is 9.73 Å². The first kappa shape index (κ1) is 13.1. The summed E-state index contributed by atoms with van der Waals surface area (Å²) < 4.78 is 6.55. The SMILES string of the molecule is Cn1c(=O)oc2cc(CNC(=O)c3ccccn3)ccc21. The average molecular weight is 283 g/mol. The number of hydrogen-bond donors (Lipinski definition) is 1. The van der Waals surface area contributed by atoms with E-state index in [1.807, 2.05) is 6.07 Å². The Labute approximate surface area is 120 Å². The predicted molar refractivity (Wildman–Crippen MR) is 76.9 cm³/mol. The highest BCUT2D eigenvalue weighted by Gasteiger charge is 2.08. The van der Waals surface area contributed by atoms with E-state index in [2.05, 4.69) is 10.3 Å². The lowest BCUT2D eigenvalue weighted by atomic mass is 10.2. The van der Waals surface area contributed by atoms with Gasteiger partial charge in [-0.25, -0.2) is 4.79 Å². The Morgan fingerprint density at radius 2 is 2.19 bits per heavy atom. The van der Waals surface area contributed by atoms with Crippen molar-refractivity contribution < 1.29 is 9.21 Å². The largest absolute Gasteiger partial charge is 0.419 e. The molecule has 0 aliphatic rings. The van der Waals surface area contributed by atoms with Crippen LogP contribution in [0.15, 0.2) is 51.8 Å². The number of fused-ring (bicyclic) bond motifs is 1. The van der Waals surface area contributed by atoms with E-state index >= 15 is 0 Å². The molecule has 1 N–H and O–H groups in total. The quantitative estimate of drug-likeness (QED) is 0.789. The van der Waals surface area contributed by atoms with Crippen molar-refractivity contribution in [1.82, 2.24) is 14.9 Å². The summed E-state index contributed by atoms with van der Waals surface area (Å²) in [6, 6.07) is 10.5. The number of nitrogens with zero attached hydrogens (tertiary/aromatic N) is 2. The minimum atomic E-state index is -0.403. The third-order valence-corrected chi connectivity index (χ3v) is 3.21. The summed E-state index contributed by atoms with van der Waals surface area (Å²) in [6.07, 6.45) is 1.57. The molecule has 0 saturated heterocycles. The zero-order chi connectivity index (χ0) is 14.8. The highest BCUT2D eigenvalue weighted by atomic mass is 16.4. The standard InChI is InChI=1S/C15H13N3O3/c1-18-12-6-5-10(8-13(12)21-15(18)20)9-17-14(19)11-4-2-3-7-16-11/h2-8H,9H2,1H3,(H,17,19). The third-order valence-electron chi connectivity index (χ3n) is 3.21. The Kier molecular flexibility index (Phi) is 3.27. The van der Waals surface area contributed by atoms with E-state index in [-0.39, 0.29) is 5.91 Å². The maximum Gasteiger partial charge on any atom is 0.419 e. The Morgan fingerprint density at radius 3 is 2.95 bits per heavy atom. The van der Waals surface area contributed by atoms with Gasteiger partial charge in [-0.1, -0.05) is 12.1 Å². The van der Waals surface area contributed by atoms with Gasteiger partial charge in [-0.3, -0.25) is 14.3 Å². The monoisotopic (exact) mass is 283 g/mol. The van der Waals surface area contributed by atoms with E-state index in [0.717, 1.165) is 11.1 Å². The number of benzene rings is 1. The van der Waals surface area contributed by atoms with Crippen LogP contribution in [0.3, 0.4) is 0 Å². The Morgan fingerprint density at radius 1 is 1.33 bits per heavy atom. The number of hydrogen-bond acceptors (Lipinski definition) is 4. The van der Waals surface area contributed by atoms with Crippen LogP contribution >= 0.6 is 0 Å². The number of pyridine rings is 1. The number of carbonyl (C=O) groups is 1. The van der Waals surface area contributed by atoms with Crippen LogP contribution in [0.25, 0.3) is 11.1 Å². The molecule has 0 radical (unpaired) electrons. The van der Waals surface area contributed by atoms with Crippen molar-refractivity contribution >= 4 is 17.0 Å². The van der Waals surface area contributed by atoms with Crippen molar-refractivity contribution in [2.45, 2.75) is 6.54 Å². The normalized spacial score (nSPS) is 10.7. The van der Waals surface area contributed by atoms with Gasteiger partial charge in [-0.05, 0) is 29.8 Å². The molecule has 106 valence electrons.